The summed E-state index contributed by atoms with van der Waals surface area (Å²) in [6, 6.07) is 77.3. The van der Waals surface area contributed by atoms with E-state index in [1.54, 1.807) is 0 Å². The molecule has 0 atom stereocenters. The zero-order valence-electron chi connectivity index (χ0n) is 35.6. The van der Waals surface area contributed by atoms with Crippen LogP contribution in [-0.2, 0) is 16.2 Å². The zero-order valence-corrected chi connectivity index (χ0v) is 35.6. The Bertz CT molecular complexity index is 3090. The fraction of sp³-hybridized carbons (Fsp3) is 0.133. The summed E-state index contributed by atoms with van der Waals surface area (Å²) < 4.78 is 0. The Morgan fingerprint density at radius 3 is 1.64 bits per heavy atom. The van der Waals surface area contributed by atoms with E-state index < -0.39 is 5.41 Å². The van der Waals surface area contributed by atoms with Gasteiger partial charge in [0.1, 0.15) is 0 Å². The van der Waals surface area contributed by atoms with E-state index in [4.69, 9.17) is 0 Å². The van der Waals surface area contributed by atoms with Crippen LogP contribution in [-0.4, -0.2) is 0 Å². The molecule has 1 nitrogen and oxygen atoms in total. The second-order valence-corrected chi connectivity index (χ2v) is 18.5. The van der Waals surface area contributed by atoms with Crippen molar-refractivity contribution in [2.24, 2.45) is 0 Å². The van der Waals surface area contributed by atoms with Crippen LogP contribution in [0, 0.1) is 0 Å². The first-order valence-electron chi connectivity index (χ1n) is 21.7. The van der Waals surface area contributed by atoms with Gasteiger partial charge in [-0.25, -0.2) is 0 Å². The molecule has 0 radical (unpaired) electrons. The number of rotatable bonds is 6. The fourth-order valence-electron chi connectivity index (χ4n) is 10.9. The monoisotopic (exact) mass is 783 g/mol. The fourth-order valence-corrected chi connectivity index (χ4v) is 10.9. The van der Waals surface area contributed by atoms with Crippen LogP contribution in [0.15, 0.2) is 206 Å². The Hall–Kier alpha value is -6.96. The van der Waals surface area contributed by atoms with Crippen molar-refractivity contribution in [3.8, 4) is 33.4 Å². The third-order valence-corrected chi connectivity index (χ3v) is 13.7. The zero-order chi connectivity index (χ0) is 41.5. The Balaban J connectivity index is 1.21. The molecule has 294 valence electrons. The SMILES string of the molecule is CC(C)(C)c1ccc(N(c2ccc3c(c2)-c2ccccc2C3(c2ccccc2)c2ccccc2)c2ccc3ccccc3c2-c2cccc3c2C(C)(C)c2ccccc2-3)cc1. The van der Waals surface area contributed by atoms with Gasteiger partial charge in [-0.1, -0.05) is 211 Å². The molecule has 9 aromatic carbocycles. The third kappa shape index (κ3) is 5.53. The standard InChI is InChI=1S/C60H49N/c1-58(2,3)41-32-34-44(35-33-41)61(45-36-37-54-51(39-45)48-26-15-17-30-53(48)60(54,42-20-8-6-9-21-42)43-22-10-7-11-23-43)55-38-31-40-19-12-13-24-46(40)56(55)50-28-18-27-49-47-25-14-16-29-52(47)59(4,5)57(49)50/h6-39H,1-5H3. The lowest BCUT2D eigenvalue weighted by molar-refractivity contribution is 0.590. The predicted octanol–water partition coefficient (Wildman–Crippen LogP) is 15.9. The van der Waals surface area contributed by atoms with Crippen LogP contribution in [0.2, 0.25) is 0 Å². The lowest BCUT2D eigenvalue weighted by Crippen LogP contribution is -2.28. The highest BCUT2D eigenvalue weighted by Gasteiger charge is 2.46. The Morgan fingerprint density at radius 2 is 0.951 bits per heavy atom. The lowest BCUT2D eigenvalue weighted by Gasteiger charge is -2.34. The molecule has 11 rings (SSSR count). The highest BCUT2D eigenvalue weighted by molar-refractivity contribution is 6.08. The molecule has 0 heterocycles. The summed E-state index contributed by atoms with van der Waals surface area (Å²) in [7, 11) is 0. The molecule has 0 saturated carbocycles. The normalized spacial score (nSPS) is 14.2. The van der Waals surface area contributed by atoms with Crippen LogP contribution in [0.3, 0.4) is 0 Å². The van der Waals surface area contributed by atoms with E-state index >= 15 is 0 Å². The van der Waals surface area contributed by atoms with Gasteiger partial charge in [0.25, 0.3) is 0 Å². The van der Waals surface area contributed by atoms with E-state index in [2.05, 4.69) is 246 Å². The van der Waals surface area contributed by atoms with Crippen LogP contribution < -0.4 is 4.90 Å². The molecule has 2 aliphatic rings. The average Bonchev–Trinajstić information content (AvgIpc) is 3.72. The number of hydrogen-bond acceptors (Lipinski definition) is 1. The van der Waals surface area contributed by atoms with Gasteiger partial charge in [0.15, 0.2) is 0 Å². The van der Waals surface area contributed by atoms with Crippen LogP contribution in [0.25, 0.3) is 44.2 Å². The van der Waals surface area contributed by atoms with E-state index in [-0.39, 0.29) is 10.8 Å². The van der Waals surface area contributed by atoms with Gasteiger partial charge in [-0.05, 0) is 113 Å². The van der Waals surface area contributed by atoms with E-state index in [0.717, 1.165) is 17.1 Å². The Labute approximate surface area is 360 Å². The van der Waals surface area contributed by atoms with Crippen LogP contribution in [0.5, 0.6) is 0 Å². The van der Waals surface area contributed by atoms with Crippen LogP contribution in [0.4, 0.5) is 17.1 Å². The van der Waals surface area contributed by atoms with E-state index in [1.165, 1.54) is 83.1 Å². The van der Waals surface area contributed by atoms with Gasteiger partial charge in [-0.2, -0.15) is 0 Å². The molecule has 9 aromatic rings. The molecule has 0 fully saturated rings. The van der Waals surface area contributed by atoms with Gasteiger partial charge >= 0.3 is 0 Å². The quantitative estimate of drug-likeness (QED) is 0.162. The minimum Gasteiger partial charge on any atom is -0.310 e. The van der Waals surface area contributed by atoms with Gasteiger partial charge in [-0.3, -0.25) is 0 Å². The van der Waals surface area contributed by atoms with E-state index in [0.29, 0.717) is 0 Å². The predicted molar refractivity (Wildman–Crippen MR) is 258 cm³/mol. The summed E-state index contributed by atoms with van der Waals surface area (Å²) in [6.45, 7) is 11.7. The van der Waals surface area contributed by atoms with Crippen molar-refractivity contribution in [1.29, 1.82) is 0 Å². The van der Waals surface area contributed by atoms with Crippen molar-refractivity contribution in [3.63, 3.8) is 0 Å². The molecule has 0 N–H and O–H groups in total. The van der Waals surface area contributed by atoms with Crippen molar-refractivity contribution >= 4 is 27.8 Å². The van der Waals surface area contributed by atoms with Crippen molar-refractivity contribution in [2.75, 3.05) is 4.90 Å². The molecule has 0 unspecified atom stereocenters. The summed E-state index contributed by atoms with van der Waals surface area (Å²) in [5.74, 6) is 0. The molecule has 0 spiro atoms. The van der Waals surface area contributed by atoms with Crippen LogP contribution in [0.1, 0.15) is 73.6 Å². The number of nitrogens with zero attached hydrogens (tertiary/aromatic N) is 1. The number of fused-ring (bicyclic) bond motifs is 7. The first kappa shape index (κ1) is 37.1. The second-order valence-electron chi connectivity index (χ2n) is 18.5. The average molecular weight is 784 g/mol. The van der Waals surface area contributed by atoms with E-state index in [1.807, 2.05) is 0 Å². The van der Waals surface area contributed by atoms with Gasteiger partial charge in [0, 0.05) is 22.4 Å². The molecule has 0 aromatic heterocycles. The highest BCUT2D eigenvalue weighted by Crippen LogP contribution is 2.59. The van der Waals surface area contributed by atoms with Gasteiger partial charge in [-0.15, -0.1) is 0 Å². The summed E-state index contributed by atoms with van der Waals surface area (Å²) in [6.07, 6.45) is 0. The smallest absolute Gasteiger partial charge is 0.0713 e. The van der Waals surface area contributed by atoms with Crippen LogP contribution >= 0.6 is 0 Å². The summed E-state index contributed by atoms with van der Waals surface area (Å²) in [4.78, 5) is 2.52. The topological polar surface area (TPSA) is 3.24 Å². The number of anilines is 3. The summed E-state index contributed by atoms with van der Waals surface area (Å²) >= 11 is 0. The van der Waals surface area contributed by atoms with Crippen molar-refractivity contribution in [2.45, 2.75) is 50.9 Å². The lowest BCUT2D eigenvalue weighted by atomic mass is 9.68. The van der Waals surface area contributed by atoms with Crippen molar-refractivity contribution in [3.05, 3.63) is 245 Å². The molecular formula is C60H49N. The van der Waals surface area contributed by atoms with Crippen molar-refractivity contribution in [1.82, 2.24) is 0 Å². The molecule has 0 aliphatic heterocycles. The molecule has 2 aliphatic carbocycles. The molecule has 1 heteroatoms. The second kappa shape index (κ2) is 13.8. The minimum absolute atomic E-state index is 0.0259. The molecule has 61 heavy (non-hydrogen) atoms. The largest absolute Gasteiger partial charge is 0.310 e. The molecular weight excluding hydrogens is 735 g/mol. The first-order valence-corrected chi connectivity index (χ1v) is 21.7. The van der Waals surface area contributed by atoms with Gasteiger partial charge < -0.3 is 4.90 Å². The maximum Gasteiger partial charge on any atom is 0.0713 e. The minimum atomic E-state index is -0.467. The Kier molecular flexibility index (Phi) is 8.38. The van der Waals surface area contributed by atoms with Crippen molar-refractivity contribution < 1.29 is 0 Å². The number of benzene rings is 9. The summed E-state index contributed by atoms with van der Waals surface area (Å²) in [5.41, 5.74) is 19.7. The van der Waals surface area contributed by atoms with Gasteiger partial charge in [0.05, 0.1) is 11.1 Å². The maximum absolute atomic E-state index is 2.52. The first-order chi connectivity index (χ1) is 29.7. The maximum atomic E-state index is 2.52. The van der Waals surface area contributed by atoms with Gasteiger partial charge in [0.2, 0.25) is 0 Å². The highest BCUT2D eigenvalue weighted by atomic mass is 15.1. The number of hydrogen-bond donors (Lipinski definition) is 0. The Morgan fingerprint density at radius 1 is 0.410 bits per heavy atom. The molecule has 0 amide bonds. The third-order valence-electron chi connectivity index (χ3n) is 13.7. The summed E-state index contributed by atoms with van der Waals surface area (Å²) in [5, 5.41) is 2.48. The van der Waals surface area contributed by atoms with E-state index in [9.17, 15) is 0 Å². The molecule has 0 bridgehead atoms. The molecule has 0 saturated heterocycles.